The quantitative estimate of drug-likeness (QED) is 0.268. The van der Waals surface area contributed by atoms with Crippen molar-refractivity contribution in [1.29, 1.82) is 0 Å². The van der Waals surface area contributed by atoms with Gasteiger partial charge in [-0.05, 0) is 121 Å². The van der Waals surface area contributed by atoms with Crippen LogP contribution in [0.3, 0.4) is 0 Å². The fourth-order valence-electron chi connectivity index (χ4n) is 11.7. The second kappa shape index (κ2) is 12.4. The van der Waals surface area contributed by atoms with E-state index in [1.807, 2.05) is 0 Å². The van der Waals surface area contributed by atoms with Gasteiger partial charge < -0.3 is 19.7 Å². The van der Waals surface area contributed by atoms with E-state index in [0.717, 1.165) is 80.5 Å². The molecule has 0 radical (unpaired) electrons. The summed E-state index contributed by atoms with van der Waals surface area (Å²) in [5.41, 5.74) is 2.70. The van der Waals surface area contributed by atoms with E-state index in [1.54, 1.807) is 6.07 Å². The average Bonchev–Trinajstić information content (AvgIpc) is 3.78. The Labute approximate surface area is 314 Å². The summed E-state index contributed by atoms with van der Waals surface area (Å²) in [7, 11) is 0. The lowest BCUT2D eigenvalue weighted by molar-refractivity contribution is -0.183. The third-order valence-corrected chi connectivity index (χ3v) is 17.2. The van der Waals surface area contributed by atoms with Gasteiger partial charge in [0.25, 0.3) is 0 Å². The molecule has 0 bridgehead atoms. The van der Waals surface area contributed by atoms with Gasteiger partial charge in [-0.15, -0.1) is 22.7 Å². The molecular formula is C42H52O8S2. The Bertz CT molecular complexity index is 1900. The van der Waals surface area contributed by atoms with Crippen LogP contribution in [0.15, 0.2) is 47.6 Å². The molecule has 6 unspecified atom stereocenters. The Morgan fingerprint density at radius 1 is 0.750 bits per heavy atom. The van der Waals surface area contributed by atoms with Crippen LogP contribution >= 0.6 is 22.7 Å². The number of allylic oxidation sites excluding steroid dienone is 4. The Kier molecular flexibility index (Phi) is 8.85. The monoisotopic (exact) mass is 748 g/mol. The molecule has 2 aromatic heterocycles. The number of rotatable bonds is 7. The zero-order valence-corrected chi connectivity index (χ0v) is 33.1. The van der Waals surface area contributed by atoms with Crippen molar-refractivity contribution in [2.45, 2.75) is 112 Å². The largest absolute Gasteiger partial charge is 0.477 e. The molecule has 8 nitrogen and oxygen atoms in total. The van der Waals surface area contributed by atoms with Crippen molar-refractivity contribution in [2.24, 2.45) is 44.3 Å². The Morgan fingerprint density at radius 3 is 1.96 bits per heavy atom. The number of thiophene rings is 2. The second-order valence-electron chi connectivity index (χ2n) is 18.4. The lowest BCUT2D eigenvalue weighted by atomic mass is 9.35. The number of hydrogen-bond donors (Lipinski definition) is 2. The number of carboxylic acids is 2. The summed E-state index contributed by atoms with van der Waals surface area (Å²) in [6.07, 6.45) is 13.8. The van der Waals surface area contributed by atoms with Crippen LogP contribution in [0.25, 0.3) is 0 Å². The summed E-state index contributed by atoms with van der Waals surface area (Å²) in [6, 6.07) is 6.02. The van der Waals surface area contributed by atoms with Crippen molar-refractivity contribution < 1.29 is 38.9 Å². The number of carboxylic acid groups (broad SMARTS) is 2. The summed E-state index contributed by atoms with van der Waals surface area (Å²) in [4.78, 5) is 49.9. The lowest BCUT2D eigenvalue weighted by Crippen LogP contribution is -2.63. The maximum Gasteiger partial charge on any atom is 0.348 e. The van der Waals surface area contributed by atoms with Gasteiger partial charge in [0.15, 0.2) is 0 Å². The molecule has 0 spiro atoms. The van der Waals surface area contributed by atoms with E-state index >= 15 is 0 Å². The van der Waals surface area contributed by atoms with Crippen LogP contribution in [0.2, 0.25) is 0 Å². The minimum atomic E-state index is -1.04. The molecule has 3 fully saturated rings. The summed E-state index contributed by atoms with van der Waals surface area (Å²) in [6.45, 7) is 17.0. The van der Waals surface area contributed by atoms with Crippen molar-refractivity contribution in [3.63, 3.8) is 0 Å². The molecule has 0 amide bonds. The van der Waals surface area contributed by atoms with Crippen molar-refractivity contribution in [3.05, 3.63) is 67.1 Å². The van der Waals surface area contributed by atoms with Gasteiger partial charge >= 0.3 is 23.9 Å². The fraction of sp³-hybridized carbons (Fsp3) is 0.619. The molecule has 280 valence electrons. The maximum atomic E-state index is 13.2. The SMILES string of the molecule is CC12CC[C@](C)(COC(=O)c3ccc(C(=O)O)s3)CC1=C1C=CC3C4(C)CCC(OC(=O)c5ccc(C(=O)O)s5)C(C)(C)C4CCC3(C)[C@]1(C)CC2. The molecule has 0 aliphatic heterocycles. The van der Waals surface area contributed by atoms with Gasteiger partial charge in [-0.1, -0.05) is 66.2 Å². The highest BCUT2D eigenvalue weighted by molar-refractivity contribution is 7.16. The third kappa shape index (κ3) is 5.64. The van der Waals surface area contributed by atoms with Crippen LogP contribution < -0.4 is 0 Å². The summed E-state index contributed by atoms with van der Waals surface area (Å²) >= 11 is 1.92. The highest BCUT2D eigenvalue weighted by atomic mass is 32.1. The first-order valence-corrected chi connectivity index (χ1v) is 20.4. The number of hydrogen-bond acceptors (Lipinski definition) is 8. The van der Waals surface area contributed by atoms with Crippen LogP contribution in [0.4, 0.5) is 0 Å². The average molecular weight is 749 g/mol. The molecule has 2 aromatic rings. The smallest absolute Gasteiger partial charge is 0.348 e. The van der Waals surface area contributed by atoms with Crippen molar-refractivity contribution in [3.8, 4) is 0 Å². The highest BCUT2D eigenvalue weighted by Crippen LogP contribution is 2.74. The molecular weight excluding hydrogens is 697 g/mol. The summed E-state index contributed by atoms with van der Waals surface area (Å²) in [5.74, 6) is -2.25. The lowest BCUT2D eigenvalue weighted by Gasteiger charge is -2.69. The molecule has 7 rings (SSSR count). The van der Waals surface area contributed by atoms with Gasteiger partial charge in [-0.2, -0.15) is 0 Å². The number of esters is 2. The Balaban J connectivity index is 1.14. The summed E-state index contributed by atoms with van der Waals surface area (Å²) < 4.78 is 12.1. The fourth-order valence-corrected chi connectivity index (χ4v) is 13.2. The molecule has 3 saturated carbocycles. The van der Waals surface area contributed by atoms with Gasteiger partial charge in [-0.3, -0.25) is 0 Å². The van der Waals surface area contributed by atoms with Gasteiger partial charge in [0, 0.05) is 10.8 Å². The predicted molar refractivity (Wildman–Crippen MR) is 201 cm³/mol. The molecule has 0 aromatic carbocycles. The number of carbonyl (C=O) groups is 4. The van der Waals surface area contributed by atoms with Crippen LogP contribution in [0.1, 0.15) is 145 Å². The number of ether oxygens (including phenoxy) is 2. The van der Waals surface area contributed by atoms with E-state index in [4.69, 9.17) is 9.47 Å². The molecule has 5 aliphatic rings. The van der Waals surface area contributed by atoms with E-state index < -0.39 is 23.9 Å². The van der Waals surface area contributed by atoms with Gasteiger partial charge in [0.2, 0.25) is 0 Å². The van der Waals surface area contributed by atoms with E-state index in [9.17, 15) is 29.4 Å². The predicted octanol–water partition coefficient (Wildman–Crippen LogP) is 10.3. The van der Waals surface area contributed by atoms with Crippen molar-refractivity contribution in [1.82, 2.24) is 0 Å². The first-order valence-electron chi connectivity index (χ1n) is 18.7. The zero-order valence-electron chi connectivity index (χ0n) is 31.4. The van der Waals surface area contributed by atoms with E-state index in [2.05, 4.69) is 60.6 Å². The van der Waals surface area contributed by atoms with Crippen molar-refractivity contribution in [2.75, 3.05) is 6.61 Å². The molecule has 2 N–H and O–H groups in total. The summed E-state index contributed by atoms with van der Waals surface area (Å²) in [5, 5.41) is 18.6. The number of carbonyl (C=O) groups excluding carboxylic acids is 2. The second-order valence-corrected chi connectivity index (χ2v) is 20.6. The Hall–Kier alpha value is -3.24. The van der Waals surface area contributed by atoms with Gasteiger partial charge in [0.05, 0.1) is 6.61 Å². The van der Waals surface area contributed by atoms with Gasteiger partial charge in [-0.25, -0.2) is 19.2 Å². The van der Waals surface area contributed by atoms with Gasteiger partial charge in [0.1, 0.15) is 25.6 Å². The normalized spacial score (nSPS) is 37.6. The van der Waals surface area contributed by atoms with E-state index in [-0.39, 0.29) is 48.3 Å². The minimum Gasteiger partial charge on any atom is -0.477 e. The van der Waals surface area contributed by atoms with Crippen LogP contribution in [-0.2, 0) is 9.47 Å². The zero-order chi connectivity index (χ0) is 37.6. The van der Waals surface area contributed by atoms with Crippen molar-refractivity contribution >= 4 is 46.6 Å². The highest BCUT2D eigenvalue weighted by Gasteiger charge is 2.67. The molecule has 52 heavy (non-hydrogen) atoms. The molecule has 0 saturated heterocycles. The standard InChI is InChI=1S/C42H52O8S2/c1-37(2)30-14-17-42(7)31(40(30,5)16-15-32(37)50-36(48)29-12-10-27(52-29)34(45)46)13-8-24-25-22-38(3,18-19-39(25,4)20-21-41(24,42)6)23-49-35(47)28-11-9-26(51-28)33(43)44/h8-13,30-32H,14-23H2,1-7H3,(H,43,44)(H,45,46)/t30?,31?,32?,38-,39?,40?,41+,42?/m0/s1. The minimum absolute atomic E-state index is 0.0111. The van der Waals surface area contributed by atoms with E-state index in [1.165, 1.54) is 29.3 Å². The molecule has 8 atom stereocenters. The first kappa shape index (κ1) is 37.1. The number of aromatic carboxylic acids is 2. The topological polar surface area (TPSA) is 127 Å². The Morgan fingerprint density at radius 2 is 1.35 bits per heavy atom. The van der Waals surface area contributed by atoms with E-state index in [0.29, 0.717) is 28.2 Å². The van der Waals surface area contributed by atoms with Crippen LogP contribution in [0, 0.1) is 44.3 Å². The maximum absolute atomic E-state index is 13.2. The molecule has 5 aliphatic carbocycles. The number of fused-ring (bicyclic) bond motifs is 6. The third-order valence-electron chi connectivity index (χ3n) is 15.1. The first-order chi connectivity index (χ1) is 24.3. The molecule has 2 heterocycles. The van der Waals surface area contributed by atoms with Crippen LogP contribution in [-0.4, -0.2) is 46.8 Å². The van der Waals surface area contributed by atoms with Crippen LogP contribution in [0.5, 0.6) is 0 Å². The molecule has 10 heteroatoms.